The van der Waals surface area contributed by atoms with Crippen LogP contribution in [0.15, 0.2) is 24.5 Å². The van der Waals surface area contributed by atoms with Crippen LogP contribution in [0.3, 0.4) is 0 Å². The number of aryl methyl sites for hydroxylation is 1. The quantitative estimate of drug-likeness (QED) is 0.710. The number of hydrogen-bond donors (Lipinski definition) is 0. The molecule has 0 amide bonds. The maximum absolute atomic E-state index is 5.46. The first kappa shape index (κ1) is 8.53. The van der Waals surface area contributed by atoms with E-state index in [-0.39, 0.29) is 0 Å². The summed E-state index contributed by atoms with van der Waals surface area (Å²) >= 11 is 0. The molecule has 0 bridgehead atoms. The number of ether oxygens (including phenoxy) is 2. The largest absolute Gasteiger partial charge is 0.454 e. The molecule has 0 spiro atoms. The summed E-state index contributed by atoms with van der Waals surface area (Å²) in [4.78, 5) is 4.15. The van der Waals surface area contributed by atoms with Crippen LogP contribution in [0.1, 0.15) is 12.5 Å². The minimum Gasteiger partial charge on any atom is -0.454 e. The Labute approximate surface area is 87.6 Å². The van der Waals surface area contributed by atoms with Crippen LogP contribution in [0, 0.1) is 0 Å². The van der Waals surface area contributed by atoms with Gasteiger partial charge in [-0.25, -0.2) is 0 Å². The molecule has 76 valence electrons. The standard InChI is InChI=1S/C12H11NO2/c1-2-8-5-11-12(15-7-14-11)9-3-4-13-6-10(8)9/h3-6H,2,7H2,1H3. The van der Waals surface area contributed by atoms with Gasteiger partial charge in [0.1, 0.15) is 0 Å². The topological polar surface area (TPSA) is 31.4 Å². The lowest BCUT2D eigenvalue weighted by Gasteiger charge is -2.06. The van der Waals surface area contributed by atoms with Crippen LogP contribution in [-0.4, -0.2) is 11.8 Å². The molecular weight excluding hydrogens is 190 g/mol. The predicted octanol–water partition coefficient (Wildman–Crippen LogP) is 2.53. The number of fused-ring (bicyclic) bond motifs is 3. The highest BCUT2D eigenvalue weighted by atomic mass is 16.7. The van der Waals surface area contributed by atoms with Gasteiger partial charge in [-0.2, -0.15) is 0 Å². The average molecular weight is 201 g/mol. The van der Waals surface area contributed by atoms with Crippen molar-refractivity contribution in [2.45, 2.75) is 13.3 Å². The number of nitrogens with zero attached hydrogens (tertiary/aromatic N) is 1. The van der Waals surface area contributed by atoms with Gasteiger partial charge in [0.15, 0.2) is 11.5 Å². The minimum atomic E-state index is 0.319. The van der Waals surface area contributed by atoms with Gasteiger partial charge >= 0.3 is 0 Å². The van der Waals surface area contributed by atoms with Crippen LogP contribution in [0.25, 0.3) is 10.8 Å². The van der Waals surface area contributed by atoms with Crippen LogP contribution in [-0.2, 0) is 6.42 Å². The van der Waals surface area contributed by atoms with Crippen molar-refractivity contribution in [3.05, 3.63) is 30.1 Å². The third kappa shape index (κ3) is 1.16. The molecule has 1 aliphatic heterocycles. The first-order valence-corrected chi connectivity index (χ1v) is 5.05. The lowest BCUT2D eigenvalue weighted by atomic mass is 10.0. The van der Waals surface area contributed by atoms with Gasteiger partial charge in [-0.3, -0.25) is 4.98 Å². The van der Waals surface area contributed by atoms with E-state index in [2.05, 4.69) is 11.9 Å². The third-order valence-corrected chi connectivity index (χ3v) is 2.74. The molecule has 2 heterocycles. The van der Waals surface area contributed by atoms with E-state index in [9.17, 15) is 0 Å². The summed E-state index contributed by atoms with van der Waals surface area (Å²) in [6.45, 7) is 2.45. The summed E-state index contributed by atoms with van der Waals surface area (Å²) in [5.74, 6) is 1.70. The number of benzene rings is 1. The number of hydrogen-bond acceptors (Lipinski definition) is 3. The monoisotopic (exact) mass is 201 g/mol. The number of rotatable bonds is 1. The van der Waals surface area contributed by atoms with E-state index in [1.807, 2.05) is 18.3 Å². The highest BCUT2D eigenvalue weighted by Gasteiger charge is 2.18. The summed E-state index contributed by atoms with van der Waals surface area (Å²) in [5.41, 5.74) is 1.25. The normalized spacial score (nSPS) is 13.4. The third-order valence-electron chi connectivity index (χ3n) is 2.74. The molecule has 1 aliphatic rings. The summed E-state index contributed by atoms with van der Waals surface area (Å²) in [7, 11) is 0. The Morgan fingerprint density at radius 1 is 1.33 bits per heavy atom. The molecule has 0 N–H and O–H groups in total. The molecule has 3 rings (SSSR count). The van der Waals surface area contributed by atoms with Crippen LogP contribution in [0.5, 0.6) is 11.5 Å². The molecule has 0 saturated heterocycles. The van der Waals surface area contributed by atoms with Gasteiger partial charge in [0, 0.05) is 23.2 Å². The zero-order valence-electron chi connectivity index (χ0n) is 8.49. The fourth-order valence-electron chi connectivity index (χ4n) is 1.98. The van der Waals surface area contributed by atoms with Crippen molar-refractivity contribution < 1.29 is 9.47 Å². The SMILES string of the molecule is CCc1cc2c(c3ccncc13)OCO2. The molecule has 0 fully saturated rings. The van der Waals surface area contributed by atoms with Crippen LogP contribution in [0.2, 0.25) is 0 Å². The zero-order valence-corrected chi connectivity index (χ0v) is 8.49. The lowest BCUT2D eigenvalue weighted by Crippen LogP contribution is -1.93. The predicted molar refractivity (Wildman–Crippen MR) is 57.2 cm³/mol. The molecule has 0 saturated carbocycles. The molecule has 0 unspecified atom stereocenters. The Kier molecular flexibility index (Phi) is 1.78. The van der Waals surface area contributed by atoms with E-state index >= 15 is 0 Å². The molecule has 2 aromatic rings. The number of pyridine rings is 1. The van der Waals surface area contributed by atoms with Gasteiger partial charge in [-0.15, -0.1) is 0 Å². The molecule has 0 aliphatic carbocycles. The van der Waals surface area contributed by atoms with Gasteiger partial charge in [0.2, 0.25) is 6.79 Å². The van der Waals surface area contributed by atoms with Crippen molar-refractivity contribution in [3.63, 3.8) is 0 Å². The Morgan fingerprint density at radius 2 is 2.27 bits per heavy atom. The summed E-state index contributed by atoms with van der Waals surface area (Å²) < 4.78 is 10.9. The highest BCUT2D eigenvalue weighted by Crippen LogP contribution is 2.40. The van der Waals surface area contributed by atoms with Gasteiger partial charge in [-0.05, 0) is 24.1 Å². The second-order valence-electron chi connectivity index (χ2n) is 3.54. The van der Waals surface area contributed by atoms with E-state index in [0.29, 0.717) is 6.79 Å². The first-order valence-electron chi connectivity index (χ1n) is 5.05. The molecule has 3 heteroatoms. The van der Waals surface area contributed by atoms with Gasteiger partial charge in [0.25, 0.3) is 0 Å². The molecule has 0 atom stereocenters. The maximum Gasteiger partial charge on any atom is 0.231 e. The molecule has 0 radical (unpaired) electrons. The van der Waals surface area contributed by atoms with Gasteiger partial charge in [0.05, 0.1) is 0 Å². The van der Waals surface area contributed by atoms with Crippen LogP contribution < -0.4 is 9.47 Å². The average Bonchev–Trinajstić information content (AvgIpc) is 2.76. The first-order chi connectivity index (χ1) is 7.40. The fraction of sp³-hybridized carbons (Fsp3) is 0.250. The van der Waals surface area contributed by atoms with Crippen molar-refractivity contribution in [2.24, 2.45) is 0 Å². The number of aromatic nitrogens is 1. The van der Waals surface area contributed by atoms with E-state index in [1.54, 1.807) is 6.20 Å². The lowest BCUT2D eigenvalue weighted by molar-refractivity contribution is 0.175. The molecule has 15 heavy (non-hydrogen) atoms. The van der Waals surface area contributed by atoms with Crippen LogP contribution in [0.4, 0.5) is 0 Å². The van der Waals surface area contributed by atoms with E-state index in [1.165, 1.54) is 5.56 Å². The second-order valence-corrected chi connectivity index (χ2v) is 3.54. The maximum atomic E-state index is 5.46. The van der Waals surface area contributed by atoms with Crippen molar-refractivity contribution in [1.82, 2.24) is 4.98 Å². The molecule has 1 aromatic heterocycles. The van der Waals surface area contributed by atoms with Gasteiger partial charge < -0.3 is 9.47 Å². The molecule has 3 nitrogen and oxygen atoms in total. The molecular formula is C12H11NO2. The van der Waals surface area contributed by atoms with E-state index in [0.717, 1.165) is 28.7 Å². The molecule has 1 aromatic carbocycles. The fourth-order valence-corrected chi connectivity index (χ4v) is 1.98. The Bertz CT molecular complexity index is 522. The Hall–Kier alpha value is -1.77. The van der Waals surface area contributed by atoms with Crippen molar-refractivity contribution in [2.75, 3.05) is 6.79 Å². The van der Waals surface area contributed by atoms with Crippen molar-refractivity contribution in [1.29, 1.82) is 0 Å². The van der Waals surface area contributed by atoms with Crippen LogP contribution >= 0.6 is 0 Å². The van der Waals surface area contributed by atoms with Gasteiger partial charge in [-0.1, -0.05) is 6.92 Å². The van der Waals surface area contributed by atoms with Crippen molar-refractivity contribution in [3.8, 4) is 11.5 Å². The second kappa shape index (κ2) is 3.12. The summed E-state index contributed by atoms with van der Waals surface area (Å²) in [6, 6.07) is 4.02. The van der Waals surface area contributed by atoms with Crippen molar-refractivity contribution >= 4 is 10.8 Å². The Balaban J connectivity index is 2.41. The Morgan fingerprint density at radius 3 is 3.13 bits per heavy atom. The zero-order chi connectivity index (χ0) is 10.3. The smallest absolute Gasteiger partial charge is 0.231 e. The minimum absolute atomic E-state index is 0.319. The summed E-state index contributed by atoms with van der Waals surface area (Å²) in [5, 5.41) is 2.25. The summed E-state index contributed by atoms with van der Waals surface area (Å²) in [6.07, 6.45) is 4.64. The van der Waals surface area contributed by atoms with E-state index < -0.39 is 0 Å². The van der Waals surface area contributed by atoms with E-state index in [4.69, 9.17) is 9.47 Å². The highest BCUT2D eigenvalue weighted by molar-refractivity contribution is 5.93.